The first-order valence-electron chi connectivity index (χ1n) is 4.87. The third-order valence-corrected chi connectivity index (χ3v) is 2.47. The lowest BCUT2D eigenvalue weighted by molar-refractivity contribution is 0.429. The fourth-order valence-electron chi connectivity index (χ4n) is 1.75. The maximum atomic E-state index is 8.81. The highest BCUT2D eigenvalue weighted by Crippen LogP contribution is 2.24. The molecule has 1 aliphatic rings. The second kappa shape index (κ2) is 4.47. The minimum atomic E-state index is 0.267. The molecule has 2 heteroatoms. The van der Waals surface area contributed by atoms with Gasteiger partial charge in [-0.25, -0.2) is 0 Å². The molecule has 0 amide bonds. The molecular formula is C10H18N2. The van der Waals surface area contributed by atoms with Crippen molar-refractivity contribution in [1.82, 2.24) is 5.32 Å². The van der Waals surface area contributed by atoms with E-state index in [1.807, 2.05) is 0 Å². The third-order valence-electron chi connectivity index (χ3n) is 2.47. The predicted molar refractivity (Wildman–Crippen MR) is 49.6 cm³/mol. The quantitative estimate of drug-likeness (QED) is 0.695. The molecule has 0 radical (unpaired) electrons. The monoisotopic (exact) mass is 166 g/mol. The molecule has 0 aromatic carbocycles. The Balaban J connectivity index is 2.27. The van der Waals surface area contributed by atoms with Gasteiger partial charge in [-0.05, 0) is 25.3 Å². The molecule has 0 aliphatic heterocycles. The van der Waals surface area contributed by atoms with Crippen LogP contribution in [0.3, 0.4) is 0 Å². The molecule has 0 aromatic rings. The minimum absolute atomic E-state index is 0.267. The zero-order chi connectivity index (χ0) is 8.97. The first-order chi connectivity index (χ1) is 5.74. The van der Waals surface area contributed by atoms with Crippen molar-refractivity contribution in [1.29, 1.82) is 5.26 Å². The van der Waals surface area contributed by atoms with Gasteiger partial charge in [0.2, 0.25) is 0 Å². The molecule has 1 saturated carbocycles. The van der Waals surface area contributed by atoms with E-state index in [9.17, 15) is 0 Å². The molecule has 1 N–H and O–H groups in total. The molecule has 1 rings (SSSR count). The van der Waals surface area contributed by atoms with Crippen LogP contribution in [0.4, 0.5) is 0 Å². The van der Waals surface area contributed by atoms with Gasteiger partial charge in [-0.3, -0.25) is 0 Å². The lowest BCUT2D eigenvalue weighted by Crippen LogP contribution is -2.34. The van der Waals surface area contributed by atoms with Crippen molar-refractivity contribution in [2.75, 3.05) is 6.54 Å². The molecule has 0 spiro atoms. The molecule has 0 aromatic heterocycles. The molecule has 68 valence electrons. The van der Waals surface area contributed by atoms with Gasteiger partial charge >= 0.3 is 0 Å². The summed E-state index contributed by atoms with van der Waals surface area (Å²) in [4.78, 5) is 0. The Kier molecular flexibility index (Phi) is 3.55. The van der Waals surface area contributed by atoms with Gasteiger partial charge in [0, 0.05) is 6.04 Å². The van der Waals surface area contributed by atoms with E-state index >= 15 is 0 Å². The van der Waals surface area contributed by atoms with E-state index in [0.717, 1.165) is 13.0 Å². The maximum Gasteiger partial charge on any atom is 0.0672 e. The van der Waals surface area contributed by atoms with Crippen molar-refractivity contribution >= 4 is 0 Å². The van der Waals surface area contributed by atoms with Crippen LogP contribution in [0.15, 0.2) is 0 Å². The van der Waals surface area contributed by atoms with Crippen LogP contribution in [0.1, 0.15) is 33.1 Å². The number of nitrogens with zero attached hydrogens (tertiary/aromatic N) is 1. The Bertz CT molecular complexity index is 169. The Morgan fingerprint density at radius 3 is 2.83 bits per heavy atom. The number of hydrogen-bond acceptors (Lipinski definition) is 2. The highest BCUT2D eigenvalue weighted by Gasteiger charge is 2.26. The average Bonchev–Trinajstić information content (AvgIpc) is 2.47. The largest absolute Gasteiger partial charge is 0.312 e. The summed E-state index contributed by atoms with van der Waals surface area (Å²) in [5.74, 6) is 0.952. The normalized spacial score (nSPS) is 29.2. The van der Waals surface area contributed by atoms with Crippen LogP contribution in [0.5, 0.6) is 0 Å². The summed E-state index contributed by atoms with van der Waals surface area (Å²) in [7, 11) is 0. The summed E-state index contributed by atoms with van der Waals surface area (Å²) in [6.45, 7) is 5.44. The van der Waals surface area contributed by atoms with Crippen molar-refractivity contribution < 1.29 is 0 Å². The van der Waals surface area contributed by atoms with E-state index in [4.69, 9.17) is 5.26 Å². The highest BCUT2D eigenvalue weighted by molar-refractivity contribution is 4.96. The topological polar surface area (TPSA) is 35.8 Å². The Morgan fingerprint density at radius 1 is 1.50 bits per heavy atom. The van der Waals surface area contributed by atoms with Gasteiger partial charge in [0.25, 0.3) is 0 Å². The lowest BCUT2D eigenvalue weighted by atomic mass is 10.1. The molecule has 0 bridgehead atoms. The fraction of sp³-hybridized carbons (Fsp3) is 0.900. The number of nitriles is 1. The number of rotatable bonds is 3. The van der Waals surface area contributed by atoms with E-state index in [-0.39, 0.29) is 5.92 Å². The van der Waals surface area contributed by atoms with E-state index in [2.05, 4.69) is 25.2 Å². The summed E-state index contributed by atoms with van der Waals surface area (Å²) >= 11 is 0. The summed E-state index contributed by atoms with van der Waals surface area (Å²) in [5, 5.41) is 12.3. The predicted octanol–water partition coefficient (Wildman–Crippen LogP) is 1.92. The summed E-state index contributed by atoms with van der Waals surface area (Å²) in [5.41, 5.74) is 0. The molecule has 0 heterocycles. The van der Waals surface area contributed by atoms with Gasteiger partial charge in [0.15, 0.2) is 0 Å². The molecular weight excluding hydrogens is 148 g/mol. The van der Waals surface area contributed by atoms with Crippen molar-refractivity contribution in [2.45, 2.75) is 39.2 Å². The fourth-order valence-corrected chi connectivity index (χ4v) is 1.75. The molecule has 2 nitrogen and oxygen atoms in total. The minimum Gasteiger partial charge on any atom is -0.312 e. The summed E-state index contributed by atoms with van der Waals surface area (Å²) in [6, 6.07) is 2.85. The lowest BCUT2D eigenvalue weighted by Gasteiger charge is -2.16. The first kappa shape index (κ1) is 9.54. The van der Waals surface area contributed by atoms with Gasteiger partial charge in [-0.1, -0.05) is 20.3 Å². The zero-order valence-electron chi connectivity index (χ0n) is 8.01. The van der Waals surface area contributed by atoms with Crippen molar-refractivity contribution in [3.63, 3.8) is 0 Å². The third kappa shape index (κ3) is 2.49. The van der Waals surface area contributed by atoms with Gasteiger partial charge in [-0.2, -0.15) is 5.26 Å². The van der Waals surface area contributed by atoms with Gasteiger partial charge in [-0.15, -0.1) is 0 Å². The smallest absolute Gasteiger partial charge is 0.0672 e. The Hall–Kier alpha value is -0.550. The van der Waals surface area contributed by atoms with E-state index in [0.29, 0.717) is 12.0 Å². The molecule has 2 unspecified atom stereocenters. The van der Waals surface area contributed by atoms with Crippen LogP contribution in [-0.4, -0.2) is 12.6 Å². The van der Waals surface area contributed by atoms with Crippen molar-refractivity contribution in [2.24, 2.45) is 11.8 Å². The van der Waals surface area contributed by atoms with Crippen LogP contribution < -0.4 is 5.32 Å². The standard InChI is InChI=1S/C10H18N2/c1-8(2)7-12-10-5-3-4-9(10)6-11/h8-10,12H,3-5,7H2,1-2H3. The van der Waals surface area contributed by atoms with Gasteiger partial charge in [0.05, 0.1) is 12.0 Å². The van der Waals surface area contributed by atoms with Crippen LogP contribution in [-0.2, 0) is 0 Å². The SMILES string of the molecule is CC(C)CNC1CCCC1C#N. The molecule has 12 heavy (non-hydrogen) atoms. The van der Waals surface area contributed by atoms with E-state index < -0.39 is 0 Å². The summed E-state index contributed by atoms with van der Waals surface area (Å²) < 4.78 is 0. The second-order valence-electron chi connectivity index (χ2n) is 4.08. The second-order valence-corrected chi connectivity index (χ2v) is 4.08. The first-order valence-corrected chi connectivity index (χ1v) is 4.87. The van der Waals surface area contributed by atoms with Crippen LogP contribution in [0, 0.1) is 23.2 Å². The van der Waals surface area contributed by atoms with Crippen molar-refractivity contribution in [3.05, 3.63) is 0 Å². The van der Waals surface area contributed by atoms with Gasteiger partial charge in [0.1, 0.15) is 0 Å². The zero-order valence-corrected chi connectivity index (χ0v) is 8.01. The van der Waals surface area contributed by atoms with Crippen LogP contribution in [0.25, 0.3) is 0 Å². The highest BCUT2D eigenvalue weighted by atomic mass is 14.9. The Morgan fingerprint density at radius 2 is 2.25 bits per heavy atom. The van der Waals surface area contributed by atoms with E-state index in [1.165, 1.54) is 12.8 Å². The van der Waals surface area contributed by atoms with Crippen LogP contribution >= 0.6 is 0 Å². The molecule has 1 aliphatic carbocycles. The van der Waals surface area contributed by atoms with Crippen molar-refractivity contribution in [3.8, 4) is 6.07 Å². The molecule has 2 atom stereocenters. The average molecular weight is 166 g/mol. The number of nitrogens with one attached hydrogen (secondary N) is 1. The molecule has 0 saturated heterocycles. The summed E-state index contributed by atoms with van der Waals surface area (Å²) in [6.07, 6.45) is 3.49. The van der Waals surface area contributed by atoms with Crippen LogP contribution in [0.2, 0.25) is 0 Å². The van der Waals surface area contributed by atoms with Gasteiger partial charge < -0.3 is 5.32 Å². The van der Waals surface area contributed by atoms with E-state index in [1.54, 1.807) is 0 Å². The Labute approximate surface area is 75.0 Å². The molecule has 1 fully saturated rings. The number of hydrogen-bond donors (Lipinski definition) is 1. The maximum absolute atomic E-state index is 8.81.